The predicted molar refractivity (Wildman–Crippen MR) is 99.6 cm³/mol. The first-order valence-electron chi connectivity index (χ1n) is 8.71. The largest absolute Gasteiger partial charge is 0.373 e. The van der Waals surface area contributed by atoms with E-state index in [2.05, 4.69) is 57.5 Å². The highest BCUT2D eigenvalue weighted by Crippen LogP contribution is 2.24. The smallest absolute Gasteiger partial charge is 0.134 e. The molecular weight excluding hydrogens is 298 g/mol. The Labute approximate surface area is 144 Å². The van der Waals surface area contributed by atoms with Crippen molar-refractivity contribution >= 4 is 11.6 Å². The van der Waals surface area contributed by atoms with Crippen LogP contribution in [0.3, 0.4) is 0 Å². The zero-order valence-corrected chi connectivity index (χ0v) is 14.8. The summed E-state index contributed by atoms with van der Waals surface area (Å²) in [4.78, 5) is 11.1. The van der Waals surface area contributed by atoms with Crippen molar-refractivity contribution in [2.45, 2.75) is 39.3 Å². The number of nitrogens with one attached hydrogen (secondary N) is 2. The Morgan fingerprint density at radius 1 is 1.25 bits per heavy atom. The minimum absolute atomic E-state index is 0.495. The van der Waals surface area contributed by atoms with E-state index < -0.39 is 0 Å². The summed E-state index contributed by atoms with van der Waals surface area (Å²) >= 11 is 0. The number of aromatic nitrogens is 2. The van der Waals surface area contributed by atoms with Crippen molar-refractivity contribution in [3.63, 3.8) is 0 Å². The Morgan fingerprint density at radius 3 is 2.96 bits per heavy atom. The zero-order chi connectivity index (χ0) is 16.9. The van der Waals surface area contributed by atoms with Gasteiger partial charge in [0.1, 0.15) is 18.0 Å². The van der Waals surface area contributed by atoms with Gasteiger partial charge in [0.25, 0.3) is 0 Å². The summed E-state index contributed by atoms with van der Waals surface area (Å²) in [6.45, 7) is 7.34. The van der Waals surface area contributed by atoms with Crippen LogP contribution >= 0.6 is 0 Å². The molecule has 0 saturated carbocycles. The SMILES string of the molecule is CNc1cc(N2CCCC2CNCc2cccc(C)c2C)ncn1. The number of anilines is 2. The molecule has 1 aliphatic rings. The molecule has 0 radical (unpaired) electrons. The molecule has 2 heterocycles. The lowest BCUT2D eigenvalue weighted by Gasteiger charge is -2.26. The van der Waals surface area contributed by atoms with Crippen LogP contribution in [0.5, 0.6) is 0 Å². The molecule has 0 spiro atoms. The molecule has 3 rings (SSSR count). The van der Waals surface area contributed by atoms with Gasteiger partial charge in [-0.25, -0.2) is 9.97 Å². The number of hydrogen-bond donors (Lipinski definition) is 2. The van der Waals surface area contributed by atoms with Crippen LogP contribution in [-0.4, -0.2) is 36.1 Å². The fourth-order valence-electron chi connectivity index (χ4n) is 3.37. The average Bonchev–Trinajstić information content (AvgIpc) is 3.07. The second-order valence-electron chi connectivity index (χ2n) is 6.49. The first-order valence-corrected chi connectivity index (χ1v) is 8.71. The van der Waals surface area contributed by atoms with Gasteiger partial charge in [0, 0.05) is 38.8 Å². The van der Waals surface area contributed by atoms with Crippen molar-refractivity contribution in [3.8, 4) is 0 Å². The molecule has 1 aromatic carbocycles. The summed E-state index contributed by atoms with van der Waals surface area (Å²) < 4.78 is 0. The zero-order valence-electron chi connectivity index (χ0n) is 14.8. The van der Waals surface area contributed by atoms with Crippen LogP contribution in [0.2, 0.25) is 0 Å². The van der Waals surface area contributed by atoms with E-state index in [0.29, 0.717) is 6.04 Å². The molecule has 1 fully saturated rings. The third-order valence-corrected chi connectivity index (χ3v) is 4.99. The lowest BCUT2D eigenvalue weighted by atomic mass is 10.0. The summed E-state index contributed by atoms with van der Waals surface area (Å²) in [5.41, 5.74) is 4.14. The second-order valence-corrected chi connectivity index (χ2v) is 6.49. The van der Waals surface area contributed by atoms with Crippen molar-refractivity contribution in [3.05, 3.63) is 47.3 Å². The van der Waals surface area contributed by atoms with E-state index in [9.17, 15) is 0 Å². The molecule has 0 aliphatic carbocycles. The van der Waals surface area contributed by atoms with Crippen molar-refractivity contribution in [2.75, 3.05) is 30.4 Å². The van der Waals surface area contributed by atoms with Crippen molar-refractivity contribution < 1.29 is 0 Å². The average molecular weight is 325 g/mol. The molecule has 24 heavy (non-hydrogen) atoms. The highest BCUT2D eigenvalue weighted by molar-refractivity contribution is 5.49. The Morgan fingerprint density at radius 2 is 2.12 bits per heavy atom. The van der Waals surface area contributed by atoms with E-state index in [1.165, 1.54) is 29.5 Å². The molecule has 2 N–H and O–H groups in total. The standard InChI is InChI=1S/C19H27N5/c1-14-6-4-7-16(15(14)2)11-21-12-17-8-5-9-24(17)19-10-18(20-3)22-13-23-19/h4,6-7,10,13,17,21H,5,8-9,11-12H2,1-3H3,(H,20,22,23). The third kappa shape index (κ3) is 3.67. The summed E-state index contributed by atoms with van der Waals surface area (Å²) in [7, 11) is 1.89. The summed E-state index contributed by atoms with van der Waals surface area (Å²) in [6.07, 6.45) is 4.06. The first kappa shape index (κ1) is 16.7. The van der Waals surface area contributed by atoms with Gasteiger partial charge in [-0.15, -0.1) is 0 Å². The van der Waals surface area contributed by atoms with E-state index in [4.69, 9.17) is 0 Å². The van der Waals surface area contributed by atoms with E-state index >= 15 is 0 Å². The van der Waals surface area contributed by atoms with Crippen LogP contribution in [0.25, 0.3) is 0 Å². The van der Waals surface area contributed by atoms with E-state index in [-0.39, 0.29) is 0 Å². The molecule has 0 bridgehead atoms. The molecule has 1 atom stereocenters. The molecule has 128 valence electrons. The minimum atomic E-state index is 0.495. The van der Waals surface area contributed by atoms with Crippen molar-refractivity contribution in [1.29, 1.82) is 0 Å². The monoisotopic (exact) mass is 325 g/mol. The fourth-order valence-corrected chi connectivity index (χ4v) is 3.37. The van der Waals surface area contributed by atoms with E-state index in [0.717, 1.165) is 31.3 Å². The van der Waals surface area contributed by atoms with Gasteiger partial charge in [0.05, 0.1) is 0 Å². The number of aryl methyl sites for hydroxylation is 1. The summed E-state index contributed by atoms with van der Waals surface area (Å²) in [5.74, 6) is 1.89. The highest BCUT2D eigenvalue weighted by atomic mass is 15.2. The van der Waals surface area contributed by atoms with E-state index in [1.807, 2.05) is 13.1 Å². The third-order valence-electron chi connectivity index (χ3n) is 4.99. The Kier molecular flexibility index (Phi) is 5.30. The molecule has 1 aliphatic heterocycles. The number of hydrogen-bond acceptors (Lipinski definition) is 5. The molecule has 5 nitrogen and oxygen atoms in total. The molecule has 1 unspecified atom stereocenters. The Balaban J connectivity index is 1.61. The maximum Gasteiger partial charge on any atom is 0.134 e. The normalized spacial score (nSPS) is 17.3. The van der Waals surface area contributed by atoms with Gasteiger partial charge in [0.15, 0.2) is 0 Å². The van der Waals surface area contributed by atoms with Crippen LogP contribution < -0.4 is 15.5 Å². The molecule has 1 aromatic heterocycles. The summed E-state index contributed by atoms with van der Waals surface area (Å²) in [5, 5.41) is 6.73. The maximum absolute atomic E-state index is 4.46. The summed E-state index contributed by atoms with van der Waals surface area (Å²) in [6, 6.07) is 9.05. The van der Waals surface area contributed by atoms with Crippen LogP contribution in [0.1, 0.15) is 29.5 Å². The molecule has 5 heteroatoms. The van der Waals surface area contributed by atoms with E-state index in [1.54, 1.807) is 6.33 Å². The second kappa shape index (κ2) is 7.62. The van der Waals surface area contributed by atoms with Crippen molar-refractivity contribution in [2.24, 2.45) is 0 Å². The molecule has 0 amide bonds. The lowest BCUT2D eigenvalue weighted by Crippen LogP contribution is -2.38. The Hall–Kier alpha value is -2.14. The maximum atomic E-state index is 4.46. The number of benzene rings is 1. The van der Waals surface area contributed by atoms with Crippen LogP contribution in [0.15, 0.2) is 30.6 Å². The van der Waals surface area contributed by atoms with Gasteiger partial charge >= 0.3 is 0 Å². The van der Waals surface area contributed by atoms with Gasteiger partial charge < -0.3 is 15.5 Å². The van der Waals surface area contributed by atoms with Gasteiger partial charge in [-0.2, -0.15) is 0 Å². The van der Waals surface area contributed by atoms with Crippen LogP contribution in [0, 0.1) is 13.8 Å². The van der Waals surface area contributed by atoms with Gasteiger partial charge in [-0.05, 0) is 43.4 Å². The fraction of sp³-hybridized carbons (Fsp3) is 0.474. The molecular formula is C19H27N5. The quantitative estimate of drug-likeness (QED) is 0.855. The van der Waals surface area contributed by atoms with Gasteiger partial charge in [0.2, 0.25) is 0 Å². The highest BCUT2D eigenvalue weighted by Gasteiger charge is 2.25. The van der Waals surface area contributed by atoms with Crippen LogP contribution in [0.4, 0.5) is 11.6 Å². The minimum Gasteiger partial charge on any atom is -0.373 e. The first-order chi connectivity index (χ1) is 11.7. The predicted octanol–water partition coefficient (Wildman–Crippen LogP) is 2.89. The van der Waals surface area contributed by atoms with Crippen molar-refractivity contribution in [1.82, 2.24) is 15.3 Å². The number of nitrogens with zero attached hydrogens (tertiary/aromatic N) is 3. The lowest BCUT2D eigenvalue weighted by molar-refractivity contribution is 0.570. The topological polar surface area (TPSA) is 53.1 Å². The molecule has 2 aromatic rings. The Bertz CT molecular complexity index is 685. The molecule has 1 saturated heterocycles. The van der Waals surface area contributed by atoms with Gasteiger partial charge in [-0.3, -0.25) is 0 Å². The van der Waals surface area contributed by atoms with Gasteiger partial charge in [-0.1, -0.05) is 18.2 Å². The number of rotatable bonds is 6. The van der Waals surface area contributed by atoms with Crippen LogP contribution in [-0.2, 0) is 6.54 Å².